The van der Waals surface area contributed by atoms with Gasteiger partial charge < -0.3 is 4.74 Å². The van der Waals surface area contributed by atoms with Gasteiger partial charge in [-0.2, -0.15) is 0 Å². The van der Waals surface area contributed by atoms with E-state index in [2.05, 4.69) is 0 Å². The summed E-state index contributed by atoms with van der Waals surface area (Å²) in [5, 5.41) is 0. The molecule has 2 aromatic rings. The highest BCUT2D eigenvalue weighted by molar-refractivity contribution is 6.01. The van der Waals surface area contributed by atoms with E-state index >= 15 is 0 Å². The smallest absolute Gasteiger partial charge is 0.148 e. The normalized spacial score (nSPS) is 16.0. The first-order chi connectivity index (χ1) is 11.7. The van der Waals surface area contributed by atoms with Gasteiger partial charge in [0.1, 0.15) is 17.7 Å². The van der Waals surface area contributed by atoms with Crippen LogP contribution in [-0.4, -0.2) is 11.6 Å². The summed E-state index contributed by atoms with van der Waals surface area (Å²) in [7, 11) is 0. The predicted molar refractivity (Wildman–Crippen MR) is 92.3 cm³/mol. The van der Waals surface area contributed by atoms with E-state index in [-0.39, 0.29) is 30.0 Å². The lowest BCUT2D eigenvalue weighted by Crippen LogP contribution is -2.21. The van der Waals surface area contributed by atoms with Gasteiger partial charge in [0.15, 0.2) is 0 Å². The van der Waals surface area contributed by atoms with Crippen molar-refractivity contribution < 1.29 is 14.3 Å². The molecule has 1 aliphatic carbocycles. The molecule has 3 heteroatoms. The first kappa shape index (κ1) is 16.2. The molecule has 2 aromatic carbocycles. The van der Waals surface area contributed by atoms with Crippen LogP contribution in [0.4, 0.5) is 0 Å². The Balaban J connectivity index is 1.74. The molecule has 24 heavy (non-hydrogen) atoms. The van der Waals surface area contributed by atoms with E-state index in [0.29, 0.717) is 12.8 Å². The van der Waals surface area contributed by atoms with Crippen molar-refractivity contribution >= 4 is 11.6 Å². The van der Waals surface area contributed by atoms with Crippen molar-refractivity contribution in [3.05, 3.63) is 84.1 Å². The van der Waals surface area contributed by atoms with Gasteiger partial charge in [0.05, 0.1) is 12.7 Å². The Morgan fingerprint density at radius 1 is 0.833 bits per heavy atom. The maximum atomic E-state index is 11.5. The van der Waals surface area contributed by atoms with Crippen molar-refractivity contribution in [3.8, 4) is 0 Å². The maximum absolute atomic E-state index is 11.5. The zero-order chi connectivity index (χ0) is 16.8. The summed E-state index contributed by atoms with van der Waals surface area (Å²) in [5.41, 5.74) is 2.12. The molecule has 0 bridgehead atoms. The fraction of sp³-hybridized carbons (Fsp3) is 0.238. The monoisotopic (exact) mass is 320 g/mol. The summed E-state index contributed by atoms with van der Waals surface area (Å²) in [5.74, 6) is -0.0157. The van der Waals surface area contributed by atoms with E-state index in [1.807, 2.05) is 66.7 Å². The average molecular weight is 320 g/mol. The van der Waals surface area contributed by atoms with Crippen LogP contribution in [-0.2, 0) is 14.3 Å². The van der Waals surface area contributed by atoms with Crippen LogP contribution >= 0.6 is 0 Å². The van der Waals surface area contributed by atoms with Crippen molar-refractivity contribution in [2.75, 3.05) is 0 Å². The molecule has 0 radical (unpaired) electrons. The van der Waals surface area contributed by atoms with Crippen LogP contribution in [0.2, 0.25) is 0 Å². The molecule has 3 rings (SSSR count). The number of carbonyl (C=O) groups excluding carboxylic acids is 2. The predicted octanol–water partition coefficient (Wildman–Crippen LogP) is 4.24. The SMILES string of the molecule is O=C1CC(=O)CC(/C=C/OC(c2ccccc2)c2ccccc2)C1. The maximum Gasteiger partial charge on any atom is 0.148 e. The number of Topliss-reactive ketones (excluding diaryl/α,β-unsaturated/α-hetero) is 2. The fourth-order valence-corrected chi connectivity index (χ4v) is 3.00. The Morgan fingerprint density at radius 3 is 1.83 bits per heavy atom. The molecular formula is C21H20O3. The van der Waals surface area contributed by atoms with Gasteiger partial charge in [-0.15, -0.1) is 0 Å². The number of rotatable bonds is 5. The van der Waals surface area contributed by atoms with Crippen LogP contribution < -0.4 is 0 Å². The lowest BCUT2D eigenvalue weighted by molar-refractivity contribution is -0.130. The van der Waals surface area contributed by atoms with Crippen LogP contribution in [0.1, 0.15) is 36.5 Å². The second-order valence-corrected chi connectivity index (χ2v) is 6.09. The third-order valence-corrected chi connectivity index (χ3v) is 4.14. The molecule has 0 heterocycles. The Bertz CT molecular complexity index is 664. The number of hydrogen-bond donors (Lipinski definition) is 0. The molecule has 0 aliphatic heterocycles. The van der Waals surface area contributed by atoms with E-state index in [0.717, 1.165) is 11.1 Å². The quantitative estimate of drug-likeness (QED) is 0.611. The Kier molecular flexibility index (Phi) is 5.22. The molecule has 0 aromatic heterocycles. The van der Waals surface area contributed by atoms with Crippen LogP contribution in [0.5, 0.6) is 0 Å². The van der Waals surface area contributed by atoms with Gasteiger partial charge >= 0.3 is 0 Å². The van der Waals surface area contributed by atoms with Gasteiger partial charge in [-0.25, -0.2) is 0 Å². The molecule has 1 aliphatic rings. The molecule has 0 spiro atoms. The molecule has 0 saturated heterocycles. The number of hydrogen-bond acceptors (Lipinski definition) is 3. The minimum atomic E-state index is -0.210. The van der Waals surface area contributed by atoms with E-state index in [9.17, 15) is 9.59 Å². The molecule has 3 nitrogen and oxygen atoms in total. The van der Waals surface area contributed by atoms with Gasteiger partial charge in [0.25, 0.3) is 0 Å². The highest BCUT2D eigenvalue weighted by atomic mass is 16.5. The summed E-state index contributed by atoms with van der Waals surface area (Å²) < 4.78 is 5.98. The Hall–Kier alpha value is -2.68. The topological polar surface area (TPSA) is 43.4 Å². The van der Waals surface area contributed by atoms with E-state index in [4.69, 9.17) is 4.74 Å². The van der Waals surface area contributed by atoms with Gasteiger partial charge in [0, 0.05) is 12.8 Å². The van der Waals surface area contributed by atoms with Gasteiger partial charge in [-0.1, -0.05) is 60.7 Å². The zero-order valence-electron chi connectivity index (χ0n) is 13.4. The first-order valence-electron chi connectivity index (χ1n) is 8.18. The van der Waals surface area contributed by atoms with Crippen molar-refractivity contribution in [1.29, 1.82) is 0 Å². The second-order valence-electron chi connectivity index (χ2n) is 6.09. The van der Waals surface area contributed by atoms with E-state index < -0.39 is 0 Å². The minimum Gasteiger partial charge on any atom is -0.489 e. The third-order valence-electron chi connectivity index (χ3n) is 4.14. The van der Waals surface area contributed by atoms with E-state index in [1.165, 1.54) is 0 Å². The fourth-order valence-electron chi connectivity index (χ4n) is 3.00. The summed E-state index contributed by atoms with van der Waals surface area (Å²) in [6.45, 7) is 0. The van der Waals surface area contributed by atoms with Crippen LogP contribution in [0.3, 0.4) is 0 Å². The van der Waals surface area contributed by atoms with Crippen LogP contribution in [0, 0.1) is 5.92 Å². The first-order valence-corrected chi connectivity index (χ1v) is 8.18. The van der Waals surface area contributed by atoms with Crippen molar-refractivity contribution in [3.63, 3.8) is 0 Å². The number of allylic oxidation sites excluding steroid dienone is 1. The number of ether oxygens (including phenoxy) is 1. The highest BCUT2D eigenvalue weighted by Crippen LogP contribution is 2.27. The Morgan fingerprint density at radius 2 is 1.33 bits per heavy atom. The summed E-state index contributed by atoms with van der Waals surface area (Å²) in [6, 6.07) is 20.0. The lowest BCUT2D eigenvalue weighted by Gasteiger charge is -2.19. The van der Waals surface area contributed by atoms with Crippen LogP contribution in [0.25, 0.3) is 0 Å². The second kappa shape index (κ2) is 7.73. The number of ketones is 2. The summed E-state index contributed by atoms with van der Waals surface area (Å²) in [6.07, 6.45) is 4.20. The third kappa shape index (κ3) is 4.19. The zero-order valence-corrected chi connectivity index (χ0v) is 13.4. The lowest BCUT2D eigenvalue weighted by atomic mass is 9.87. The van der Waals surface area contributed by atoms with Crippen LogP contribution in [0.15, 0.2) is 73.0 Å². The molecular weight excluding hydrogens is 300 g/mol. The summed E-state index contributed by atoms with van der Waals surface area (Å²) >= 11 is 0. The average Bonchev–Trinajstić information content (AvgIpc) is 2.59. The van der Waals surface area contributed by atoms with Crippen molar-refractivity contribution in [2.45, 2.75) is 25.4 Å². The molecule has 122 valence electrons. The summed E-state index contributed by atoms with van der Waals surface area (Å²) in [4.78, 5) is 23.1. The molecule has 0 N–H and O–H groups in total. The van der Waals surface area contributed by atoms with Gasteiger partial charge in [0.2, 0.25) is 0 Å². The standard InChI is InChI=1S/C21H20O3/c22-19-13-16(14-20(23)15-19)11-12-24-21(17-7-3-1-4-8-17)18-9-5-2-6-10-18/h1-12,16,21H,13-15H2/b12-11+. The molecule has 1 fully saturated rings. The van der Waals surface area contributed by atoms with Crippen molar-refractivity contribution in [2.24, 2.45) is 5.92 Å². The van der Waals surface area contributed by atoms with E-state index in [1.54, 1.807) is 6.26 Å². The minimum absolute atomic E-state index is 0.0172. The number of benzene rings is 2. The highest BCUT2D eigenvalue weighted by Gasteiger charge is 2.23. The van der Waals surface area contributed by atoms with Gasteiger partial charge in [-0.3, -0.25) is 9.59 Å². The molecule has 0 atom stereocenters. The van der Waals surface area contributed by atoms with Crippen molar-refractivity contribution in [1.82, 2.24) is 0 Å². The van der Waals surface area contributed by atoms with Gasteiger partial charge in [-0.05, 0) is 23.1 Å². The molecule has 0 unspecified atom stereocenters. The largest absolute Gasteiger partial charge is 0.489 e. The Labute approximate surface area is 142 Å². The number of carbonyl (C=O) groups is 2. The molecule has 1 saturated carbocycles. The molecule has 0 amide bonds.